The summed E-state index contributed by atoms with van der Waals surface area (Å²) >= 11 is 0. The van der Waals surface area contributed by atoms with Crippen LogP contribution in [0.1, 0.15) is 0 Å². The second-order valence-electron chi connectivity index (χ2n) is 6.90. The van der Waals surface area contributed by atoms with E-state index >= 15 is 0 Å². The van der Waals surface area contributed by atoms with E-state index in [1.165, 1.54) is 12.4 Å². The van der Waals surface area contributed by atoms with Crippen LogP contribution in [-0.2, 0) is 14.8 Å². The minimum absolute atomic E-state index is 0.0517. The Morgan fingerprint density at radius 3 is 2.52 bits per heavy atom. The number of hydrogen-bond acceptors (Lipinski definition) is 9. The summed E-state index contributed by atoms with van der Waals surface area (Å²) in [6.45, 7) is 2.14. The molecule has 1 fully saturated rings. The number of rotatable bonds is 5. The summed E-state index contributed by atoms with van der Waals surface area (Å²) in [6, 6.07) is 6.01. The molecule has 4 rings (SSSR count). The molecule has 31 heavy (non-hydrogen) atoms. The van der Waals surface area contributed by atoms with Crippen molar-refractivity contribution in [3.8, 4) is 22.5 Å². The lowest BCUT2D eigenvalue weighted by atomic mass is 10.1. The van der Waals surface area contributed by atoms with Crippen molar-refractivity contribution in [3.05, 3.63) is 42.5 Å². The first-order valence-corrected chi connectivity index (χ1v) is 11.3. The van der Waals surface area contributed by atoms with Gasteiger partial charge in [-0.25, -0.2) is 32.7 Å². The molecule has 0 spiro atoms. The zero-order valence-corrected chi connectivity index (χ0v) is 17.4. The molecule has 1 aliphatic rings. The third kappa shape index (κ3) is 4.86. The standard InChI is InChI=1S/C19H20FN7O3S/c1-31(28,29)26-18-12(3-2-4-22-18)15-10-16(13-11-23-17(21)9-14(13)20)25-19(24-15)27-5-7-30-8-6-27/h2-4,9-11H,5-8H2,1H3,(H2,21,23)(H,22,26). The Morgan fingerprint density at radius 1 is 1.13 bits per heavy atom. The predicted molar refractivity (Wildman–Crippen MR) is 114 cm³/mol. The molecular formula is C19H20FN7O3S. The normalized spacial score (nSPS) is 14.5. The highest BCUT2D eigenvalue weighted by Crippen LogP contribution is 2.31. The molecule has 3 aromatic heterocycles. The Labute approximate surface area is 178 Å². The first-order valence-electron chi connectivity index (χ1n) is 9.36. The van der Waals surface area contributed by atoms with Gasteiger partial charge in [-0.05, 0) is 18.2 Å². The summed E-state index contributed by atoms with van der Waals surface area (Å²) in [5, 5.41) is 0. The van der Waals surface area contributed by atoms with Crippen LogP contribution in [0.5, 0.6) is 0 Å². The van der Waals surface area contributed by atoms with E-state index in [1.54, 1.807) is 18.2 Å². The summed E-state index contributed by atoms with van der Waals surface area (Å²) < 4.78 is 46.0. The maximum Gasteiger partial charge on any atom is 0.230 e. The molecule has 0 amide bonds. The molecule has 12 heteroatoms. The highest BCUT2D eigenvalue weighted by atomic mass is 32.2. The molecule has 1 saturated heterocycles. The number of halogens is 1. The third-order valence-corrected chi connectivity index (χ3v) is 5.09. The zero-order chi connectivity index (χ0) is 22.0. The average molecular weight is 445 g/mol. The molecule has 0 atom stereocenters. The van der Waals surface area contributed by atoms with E-state index < -0.39 is 15.8 Å². The van der Waals surface area contributed by atoms with Crippen LogP contribution < -0.4 is 15.4 Å². The van der Waals surface area contributed by atoms with Crippen molar-refractivity contribution in [2.75, 3.05) is 47.9 Å². The molecule has 4 heterocycles. The van der Waals surface area contributed by atoms with Gasteiger partial charge in [-0.15, -0.1) is 0 Å². The average Bonchev–Trinajstić information content (AvgIpc) is 2.73. The van der Waals surface area contributed by atoms with E-state index in [0.717, 1.165) is 12.3 Å². The van der Waals surface area contributed by atoms with Gasteiger partial charge in [-0.3, -0.25) is 4.72 Å². The highest BCUT2D eigenvalue weighted by molar-refractivity contribution is 7.92. The van der Waals surface area contributed by atoms with Crippen LogP contribution >= 0.6 is 0 Å². The van der Waals surface area contributed by atoms with E-state index in [1.807, 2.05) is 4.90 Å². The minimum Gasteiger partial charge on any atom is -0.384 e. The molecule has 3 aromatic rings. The number of hydrogen-bond donors (Lipinski definition) is 2. The van der Waals surface area contributed by atoms with Gasteiger partial charge in [-0.2, -0.15) is 0 Å². The maximum absolute atomic E-state index is 14.6. The Hall–Kier alpha value is -3.38. The fourth-order valence-electron chi connectivity index (χ4n) is 3.12. The molecule has 0 saturated carbocycles. The summed E-state index contributed by atoms with van der Waals surface area (Å²) in [6.07, 6.45) is 3.80. The number of ether oxygens (including phenoxy) is 1. The fraction of sp³-hybridized carbons (Fsp3) is 0.263. The smallest absolute Gasteiger partial charge is 0.230 e. The summed E-state index contributed by atoms with van der Waals surface area (Å²) in [5.41, 5.74) is 6.81. The predicted octanol–water partition coefficient (Wildman–Crippen LogP) is 1.53. The van der Waals surface area contributed by atoms with Gasteiger partial charge in [0, 0.05) is 37.1 Å². The summed E-state index contributed by atoms with van der Waals surface area (Å²) in [7, 11) is -3.58. The number of anilines is 3. The maximum atomic E-state index is 14.6. The third-order valence-electron chi connectivity index (χ3n) is 4.52. The van der Waals surface area contributed by atoms with Crippen LogP contribution in [0.25, 0.3) is 22.5 Å². The van der Waals surface area contributed by atoms with Crippen molar-refractivity contribution in [2.24, 2.45) is 0 Å². The van der Waals surface area contributed by atoms with Gasteiger partial charge < -0.3 is 15.4 Å². The van der Waals surface area contributed by atoms with Gasteiger partial charge in [-0.1, -0.05) is 0 Å². The molecule has 0 unspecified atom stereocenters. The van der Waals surface area contributed by atoms with Gasteiger partial charge >= 0.3 is 0 Å². The van der Waals surface area contributed by atoms with Gasteiger partial charge in [0.1, 0.15) is 17.5 Å². The number of sulfonamides is 1. The molecular weight excluding hydrogens is 425 g/mol. The number of pyridine rings is 2. The lowest BCUT2D eigenvalue weighted by Crippen LogP contribution is -2.37. The summed E-state index contributed by atoms with van der Waals surface area (Å²) in [5.74, 6) is -0.0544. The SMILES string of the molecule is CS(=O)(=O)Nc1ncccc1-c1cc(-c2cnc(N)cc2F)nc(N2CCOCC2)n1. The molecule has 0 bridgehead atoms. The van der Waals surface area contributed by atoms with E-state index in [9.17, 15) is 12.8 Å². The van der Waals surface area contributed by atoms with E-state index in [0.29, 0.717) is 43.5 Å². The molecule has 0 aromatic carbocycles. The number of morpholine rings is 1. The quantitative estimate of drug-likeness (QED) is 0.599. The fourth-order valence-corrected chi connectivity index (χ4v) is 3.63. The summed E-state index contributed by atoms with van der Waals surface area (Å²) in [4.78, 5) is 19.1. The second kappa shape index (κ2) is 8.40. The van der Waals surface area contributed by atoms with Crippen LogP contribution in [0, 0.1) is 5.82 Å². The van der Waals surface area contributed by atoms with Crippen LogP contribution in [-0.4, -0.2) is 60.9 Å². The van der Waals surface area contributed by atoms with E-state index in [2.05, 4.69) is 24.7 Å². The number of nitrogen functional groups attached to an aromatic ring is 1. The van der Waals surface area contributed by atoms with E-state index in [-0.39, 0.29) is 22.9 Å². The van der Waals surface area contributed by atoms with E-state index in [4.69, 9.17) is 10.5 Å². The molecule has 0 aliphatic carbocycles. The molecule has 162 valence electrons. The molecule has 3 N–H and O–H groups in total. The van der Waals surface area contributed by atoms with Crippen molar-refractivity contribution in [1.29, 1.82) is 0 Å². The first-order chi connectivity index (χ1) is 14.8. The molecule has 10 nitrogen and oxygen atoms in total. The van der Waals surface area contributed by atoms with Crippen LogP contribution in [0.4, 0.5) is 22.0 Å². The van der Waals surface area contributed by atoms with Crippen molar-refractivity contribution >= 4 is 27.6 Å². The van der Waals surface area contributed by atoms with Gasteiger partial charge in [0.2, 0.25) is 16.0 Å². The Balaban J connectivity index is 1.88. The largest absolute Gasteiger partial charge is 0.384 e. The number of aromatic nitrogens is 4. The van der Waals surface area contributed by atoms with Crippen molar-refractivity contribution < 1.29 is 17.5 Å². The van der Waals surface area contributed by atoms with Gasteiger partial charge in [0.25, 0.3) is 0 Å². The van der Waals surface area contributed by atoms with Gasteiger partial charge in [0.15, 0.2) is 0 Å². The topological polar surface area (TPSA) is 136 Å². The number of nitrogens with one attached hydrogen (secondary N) is 1. The van der Waals surface area contributed by atoms with Crippen LogP contribution in [0.3, 0.4) is 0 Å². The van der Waals surface area contributed by atoms with Crippen LogP contribution in [0.2, 0.25) is 0 Å². The monoisotopic (exact) mass is 445 g/mol. The lowest BCUT2D eigenvalue weighted by Gasteiger charge is -2.27. The molecule has 1 aliphatic heterocycles. The Bertz CT molecular complexity index is 1220. The van der Waals surface area contributed by atoms with Crippen molar-refractivity contribution in [2.45, 2.75) is 0 Å². The van der Waals surface area contributed by atoms with Crippen molar-refractivity contribution in [3.63, 3.8) is 0 Å². The first kappa shape index (κ1) is 20.9. The minimum atomic E-state index is -3.58. The Kier molecular flexibility index (Phi) is 5.65. The lowest BCUT2D eigenvalue weighted by molar-refractivity contribution is 0.122. The van der Waals surface area contributed by atoms with Crippen LogP contribution in [0.15, 0.2) is 36.7 Å². The molecule has 0 radical (unpaired) electrons. The number of nitrogens with two attached hydrogens (primary N) is 1. The second-order valence-corrected chi connectivity index (χ2v) is 8.65. The van der Waals surface area contributed by atoms with Crippen molar-refractivity contribution in [1.82, 2.24) is 19.9 Å². The zero-order valence-electron chi connectivity index (χ0n) is 16.6. The van der Waals surface area contributed by atoms with Gasteiger partial charge in [0.05, 0.1) is 36.4 Å². The Morgan fingerprint density at radius 2 is 1.84 bits per heavy atom. The number of nitrogens with zero attached hydrogens (tertiary/aromatic N) is 5. The highest BCUT2D eigenvalue weighted by Gasteiger charge is 2.20.